The van der Waals surface area contributed by atoms with Crippen LogP contribution in [0.5, 0.6) is 0 Å². The molecule has 0 fully saturated rings. The Bertz CT molecular complexity index is 764. The summed E-state index contributed by atoms with van der Waals surface area (Å²) in [4.78, 5) is 34.2. The Labute approximate surface area is 231 Å². The average molecular weight is 530 g/mol. The number of carboxylic acids is 1. The predicted octanol–water partition coefficient (Wildman–Crippen LogP) is 7.77. The highest BCUT2D eigenvalue weighted by Crippen LogP contribution is 2.14. The van der Waals surface area contributed by atoms with Crippen molar-refractivity contribution < 1.29 is 24.2 Å². The first-order chi connectivity index (χ1) is 18.5. The van der Waals surface area contributed by atoms with E-state index in [0.717, 1.165) is 77.0 Å². The molecule has 0 radical (unpaired) electrons. The van der Waals surface area contributed by atoms with Gasteiger partial charge >= 0.3 is 11.9 Å². The molecule has 0 bridgehead atoms. The van der Waals surface area contributed by atoms with Crippen molar-refractivity contribution in [1.82, 2.24) is 5.32 Å². The Morgan fingerprint density at radius 3 is 1.84 bits per heavy atom. The van der Waals surface area contributed by atoms with E-state index in [1.54, 1.807) is 0 Å². The number of ether oxygens (including phenoxy) is 1. The zero-order valence-electron chi connectivity index (χ0n) is 23.7. The Morgan fingerprint density at radius 2 is 1.29 bits per heavy atom. The fourth-order valence-electron chi connectivity index (χ4n) is 3.66. The molecule has 6 heteroatoms. The third-order valence-electron chi connectivity index (χ3n) is 5.68. The largest absolute Gasteiger partial charge is 0.480 e. The minimum absolute atomic E-state index is 0.0676. The number of hydrogen-bond acceptors (Lipinski definition) is 4. The van der Waals surface area contributed by atoms with Crippen LogP contribution in [0.25, 0.3) is 0 Å². The lowest BCUT2D eigenvalue weighted by Crippen LogP contribution is -2.28. The van der Waals surface area contributed by atoms with Crippen molar-refractivity contribution >= 4 is 17.8 Å². The SMILES string of the molecule is CC/C=C\C/C=C\C/C=C\C/C=C\C/C=C\CCCC(=O)OC(CCC)CCCCCC(=O)NCC(=O)O. The standard InChI is InChI=1S/C32H51NO5/c1-3-5-6-7-8-9-10-11-12-13-14-15-16-17-18-19-23-27-32(37)38-29(24-4-2)25-21-20-22-26-30(34)33-28-31(35)36/h5-6,8-9,11-12,14-15,17-18,29H,3-4,7,10,13,16,19-28H2,1-2H3,(H,33,34)(H,35,36)/b6-5-,9-8-,12-11-,15-14-,18-17-. The molecule has 1 amide bonds. The van der Waals surface area contributed by atoms with E-state index < -0.39 is 5.97 Å². The topological polar surface area (TPSA) is 92.7 Å². The molecule has 0 aliphatic carbocycles. The number of carbonyl (C=O) groups is 3. The maximum absolute atomic E-state index is 12.2. The van der Waals surface area contributed by atoms with Gasteiger partial charge in [0.1, 0.15) is 12.6 Å². The second kappa shape index (κ2) is 27.2. The first-order valence-corrected chi connectivity index (χ1v) is 14.4. The highest BCUT2D eigenvalue weighted by atomic mass is 16.5. The van der Waals surface area contributed by atoms with Crippen molar-refractivity contribution in [2.45, 2.75) is 116 Å². The second-order valence-corrected chi connectivity index (χ2v) is 9.27. The Morgan fingerprint density at radius 1 is 0.711 bits per heavy atom. The van der Waals surface area contributed by atoms with Gasteiger partial charge in [0.05, 0.1) is 0 Å². The van der Waals surface area contributed by atoms with Gasteiger partial charge in [-0.1, -0.05) is 87.4 Å². The molecule has 0 spiro atoms. The fraction of sp³-hybridized carbons (Fsp3) is 0.594. The molecule has 1 unspecified atom stereocenters. The summed E-state index contributed by atoms with van der Waals surface area (Å²) in [5.74, 6) is -1.42. The van der Waals surface area contributed by atoms with E-state index in [1.165, 1.54) is 0 Å². The Kier molecular flexibility index (Phi) is 25.1. The molecule has 0 saturated heterocycles. The van der Waals surface area contributed by atoms with Gasteiger partial charge in [-0.3, -0.25) is 14.4 Å². The number of carboxylic acid groups (broad SMARTS) is 1. The van der Waals surface area contributed by atoms with Gasteiger partial charge in [-0.15, -0.1) is 0 Å². The maximum atomic E-state index is 12.2. The molecule has 6 nitrogen and oxygen atoms in total. The van der Waals surface area contributed by atoms with E-state index in [4.69, 9.17) is 9.84 Å². The number of nitrogens with one attached hydrogen (secondary N) is 1. The first-order valence-electron chi connectivity index (χ1n) is 14.4. The molecular formula is C32H51NO5. The van der Waals surface area contributed by atoms with Crippen molar-refractivity contribution in [1.29, 1.82) is 0 Å². The zero-order chi connectivity index (χ0) is 28.1. The molecule has 0 aromatic heterocycles. The van der Waals surface area contributed by atoms with Gasteiger partial charge in [-0.05, 0) is 70.6 Å². The molecule has 0 aromatic carbocycles. The van der Waals surface area contributed by atoms with E-state index in [-0.39, 0.29) is 24.5 Å². The Hall–Kier alpha value is -2.89. The molecule has 38 heavy (non-hydrogen) atoms. The number of amides is 1. The number of carbonyl (C=O) groups excluding carboxylic acids is 2. The number of esters is 1. The molecule has 0 aromatic rings. The van der Waals surface area contributed by atoms with Crippen molar-refractivity contribution in [2.75, 3.05) is 6.54 Å². The fourth-order valence-corrected chi connectivity index (χ4v) is 3.66. The van der Waals surface area contributed by atoms with Crippen LogP contribution >= 0.6 is 0 Å². The molecular weight excluding hydrogens is 478 g/mol. The van der Waals surface area contributed by atoms with E-state index in [0.29, 0.717) is 19.3 Å². The van der Waals surface area contributed by atoms with Gasteiger partial charge in [0.25, 0.3) is 0 Å². The van der Waals surface area contributed by atoms with E-state index >= 15 is 0 Å². The van der Waals surface area contributed by atoms with Gasteiger partial charge in [0.15, 0.2) is 0 Å². The molecule has 0 saturated carbocycles. The van der Waals surface area contributed by atoms with Gasteiger partial charge in [-0.25, -0.2) is 0 Å². The summed E-state index contributed by atoms with van der Waals surface area (Å²) < 4.78 is 5.68. The highest BCUT2D eigenvalue weighted by molar-refractivity contribution is 5.80. The van der Waals surface area contributed by atoms with Crippen LogP contribution in [-0.2, 0) is 19.1 Å². The van der Waals surface area contributed by atoms with Crippen molar-refractivity contribution in [3.05, 3.63) is 60.8 Å². The summed E-state index contributed by atoms with van der Waals surface area (Å²) in [6.07, 6.45) is 34.1. The summed E-state index contributed by atoms with van der Waals surface area (Å²) in [5, 5.41) is 10.9. The maximum Gasteiger partial charge on any atom is 0.322 e. The quantitative estimate of drug-likeness (QED) is 0.0757. The van der Waals surface area contributed by atoms with Crippen LogP contribution < -0.4 is 5.32 Å². The van der Waals surface area contributed by atoms with Crippen LogP contribution in [-0.4, -0.2) is 35.6 Å². The smallest absolute Gasteiger partial charge is 0.322 e. The summed E-state index contributed by atoms with van der Waals surface area (Å²) in [5.41, 5.74) is 0. The number of unbranched alkanes of at least 4 members (excludes halogenated alkanes) is 3. The van der Waals surface area contributed by atoms with Crippen LogP contribution in [0.15, 0.2) is 60.8 Å². The summed E-state index contributed by atoms with van der Waals surface area (Å²) >= 11 is 0. The lowest BCUT2D eigenvalue weighted by atomic mass is 10.1. The summed E-state index contributed by atoms with van der Waals surface area (Å²) in [6, 6.07) is 0. The molecule has 0 aliphatic rings. The molecule has 0 heterocycles. The summed E-state index contributed by atoms with van der Waals surface area (Å²) in [7, 11) is 0. The van der Waals surface area contributed by atoms with Crippen LogP contribution in [0.3, 0.4) is 0 Å². The highest BCUT2D eigenvalue weighted by Gasteiger charge is 2.13. The number of aliphatic carboxylic acids is 1. The van der Waals surface area contributed by atoms with Gasteiger partial charge in [-0.2, -0.15) is 0 Å². The molecule has 0 rings (SSSR count). The Balaban J connectivity index is 3.86. The van der Waals surface area contributed by atoms with Crippen molar-refractivity contribution in [3.8, 4) is 0 Å². The van der Waals surface area contributed by atoms with Gasteiger partial charge < -0.3 is 15.2 Å². The van der Waals surface area contributed by atoms with Crippen molar-refractivity contribution in [3.63, 3.8) is 0 Å². The van der Waals surface area contributed by atoms with E-state index in [2.05, 4.69) is 79.9 Å². The van der Waals surface area contributed by atoms with E-state index in [9.17, 15) is 14.4 Å². The van der Waals surface area contributed by atoms with Crippen molar-refractivity contribution in [2.24, 2.45) is 0 Å². The van der Waals surface area contributed by atoms with Crippen LogP contribution in [0.4, 0.5) is 0 Å². The summed E-state index contributed by atoms with van der Waals surface area (Å²) in [6.45, 7) is 3.88. The first kappa shape index (κ1) is 35.1. The van der Waals surface area contributed by atoms with E-state index in [1.807, 2.05) is 0 Å². The molecule has 0 aliphatic heterocycles. The molecule has 1 atom stereocenters. The van der Waals surface area contributed by atoms with Gasteiger partial charge in [0.2, 0.25) is 5.91 Å². The van der Waals surface area contributed by atoms with Crippen LogP contribution in [0.1, 0.15) is 110 Å². The number of allylic oxidation sites excluding steroid dienone is 10. The normalized spacial score (nSPS) is 12.9. The number of rotatable bonds is 24. The minimum Gasteiger partial charge on any atom is -0.480 e. The third-order valence-corrected chi connectivity index (χ3v) is 5.68. The average Bonchev–Trinajstić information content (AvgIpc) is 2.89. The zero-order valence-corrected chi connectivity index (χ0v) is 23.7. The molecule has 214 valence electrons. The number of hydrogen-bond donors (Lipinski definition) is 2. The predicted molar refractivity (Wildman–Crippen MR) is 157 cm³/mol. The third kappa shape index (κ3) is 26.2. The lowest BCUT2D eigenvalue weighted by Gasteiger charge is -2.17. The van der Waals surface area contributed by atoms with Gasteiger partial charge in [0, 0.05) is 12.8 Å². The van der Waals surface area contributed by atoms with Crippen LogP contribution in [0, 0.1) is 0 Å². The van der Waals surface area contributed by atoms with Crippen LogP contribution in [0.2, 0.25) is 0 Å². The monoisotopic (exact) mass is 529 g/mol. The minimum atomic E-state index is -1.04. The lowest BCUT2D eigenvalue weighted by molar-refractivity contribution is -0.150. The second-order valence-electron chi connectivity index (χ2n) is 9.27. The molecule has 2 N–H and O–H groups in total.